The van der Waals surface area contributed by atoms with Crippen molar-refractivity contribution >= 4 is 34.7 Å². The molecule has 1 aromatic heterocycles. The number of thiophene rings is 1. The minimum atomic E-state index is -0.0269. The molecule has 30 heavy (non-hydrogen) atoms. The Balaban J connectivity index is 1.24. The van der Waals surface area contributed by atoms with Crippen LogP contribution in [0.1, 0.15) is 40.9 Å². The third-order valence-corrected chi connectivity index (χ3v) is 6.84. The van der Waals surface area contributed by atoms with Crippen LogP contribution in [0.3, 0.4) is 0 Å². The predicted octanol–water partition coefficient (Wildman–Crippen LogP) is 3.09. The summed E-state index contributed by atoms with van der Waals surface area (Å²) in [6.45, 7) is 2.59. The van der Waals surface area contributed by atoms with E-state index in [1.165, 1.54) is 4.88 Å². The fourth-order valence-corrected chi connectivity index (χ4v) is 4.85. The monoisotopic (exact) mass is 425 g/mol. The second-order valence-corrected chi connectivity index (χ2v) is 8.91. The Morgan fingerprint density at radius 2 is 1.83 bits per heavy atom. The maximum Gasteiger partial charge on any atom is 0.253 e. The van der Waals surface area contributed by atoms with Crippen molar-refractivity contribution in [2.45, 2.75) is 32.1 Å². The van der Waals surface area contributed by atoms with E-state index in [1.807, 2.05) is 28.5 Å². The molecular formula is C23H27N3O3S. The van der Waals surface area contributed by atoms with E-state index >= 15 is 0 Å². The van der Waals surface area contributed by atoms with Crippen LogP contribution >= 0.6 is 11.3 Å². The van der Waals surface area contributed by atoms with E-state index in [4.69, 9.17) is 0 Å². The van der Waals surface area contributed by atoms with Gasteiger partial charge in [-0.05, 0) is 61.4 Å². The van der Waals surface area contributed by atoms with E-state index in [0.29, 0.717) is 44.5 Å². The summed E-state index contributed by atoms with van der Waals surface area (Å²) in [5.41, 5.74) is 1.48. The summed E-state index contributed by atoms with van der Waals surface area (Å²) in [7, 11) is 0. The molecule has 4 rings (SSSR count). The largest absolute Gasteiger partial charge is 0.355 e. The van der Waals surface area contributed by atoms with Crippen LogP contribution in [-0.4, -0.2) is 48.8 Å². The Morgan fingerprint density at radius 3 is 2.47 bits per heavy atom. The van der Waals surface area contributed by atoms with Crippen LogP contribution in [-0.2, 0) is 16.0 Å². The van der Waals surface area contributed by atoms with Crippen molar-refractivity contribution in [3.8, 4) is 0 Å². The Kier molecular flexibility index (Phi) is 6.47. The van der Waals surface area contributed by atoms with Crippen LogP contribution in [0.5, 0.6) is 0 Å². The minimum absolute atomic E-state index is 0.00847. The van der Waals surface area contributed by atoms with Gasteiger partial charge in [0, 0.05) is 54.6 Å². The van der Waals surface area contributed by atoms with Gasteiger partial charge in [0.1, 0.15) is 0 Å². The van der Waals surface area contributed by atoms with Gasteiger partial charge in [-0.2, -0.15) is 0 Å². The fraction of sp³-hybridized carbons (Fsp3) is 0.435. The number of carbonyl (C=O) groups is 3. The summed E-state index contributed by atoms with van der Waals surface area (Å²) in [6, 6.07) is 11.4. The summed E-state index contributed by atoms with van der Waals surface area (Å²) >= 11 is 1.70. The molecule has 1 aromatic carbocycles. The predicted molar refractivity (Wildman–Crippen MR) is 118 cm³/mol. The van der Waals surface area contributed by atoms with Gasteiger partial charge in [-0.15, -0.1) is 11.3 Å². The van der Waals surface area contributed by atoms with E-state index < -0.39 is 0 Å². The molecule has 0 atom stereocenters. The third kappa shape index (κ3) is 4.73. The molecule has 0 saturated carbocycles. The van der Waals surface area contributed by atoms with Gasteiger partial charge in [0.25, 0.3) is 5.91 Å². The van der Waals surface area contributed by atoms with E-state index in [9.17, 15) is 14.4 Å². The summed E-state index contributed by atoms with van der Waals surface area (Å²) in [4.78, 5) is 42.0. The third-order valence-electron chi connectivity index (χ3n) is 5.90. The molecule has 7 heteroatoms. The molecule has 0 unspecified atom stereocenters. The van der Waals surface area contributed by atoms with E-state index in [-0.39, 0.29) is 23.6 Å². The number of anilines is 1. The van der Waals surface area contributed by atoms with Crippen LogP contribution in [0.15, 0.2) is 41.8 Å². The van der Waals surface area contributed by atoms with E-state index in [2.05, 4.69) is 11.4 Å². The van der Waals surface area contributed by atoms with Gasteiger partial charge in [0.2, 0.25) is 11.8 Å². The Labute approximate surface area is 180 Å². The molecule has 0 aliphatic carbocycles. The average Bonchev–Trinajstić information content (AvgIpc) is 3.45. The fourth-order valence-electron chi connectivity index (χ4n) is 4.14. The highest BCUT2D eigenvalue weighted by Crippen LogP contribution is 2.23. The molecule has 6 nitrogen and oxygen atoms in total. The van der Waals surface area contributed by atoms with Crippen LogP contribution in [0, 0.1) is 5.92 Å². The van der Waals surface area contributed by atoms with Gasteiger partial charge in [-0.1, -0.05) is 6.07 Å². The van der Waals surface area contributed by atoms with Gasteiger partial charge in [0.05, 0.1) is 0 Å². The van der Waals surface area contributed by atoms with Crippen molar-refractivity contribution in [3.05, 3.63) is 52.2 Å². The first-order valence-corrected chi connectivity index (χ1v) is 11.5. The molecule has 1 N–H and O–H groups in total. The Hall–Kier alpha value is -2.67. The normalized spacial score (nSPS) is 17.4. The maximum atomic E-state index is 12.8. The molecule has 0 radical (unpaired) electrons. The lowest BCUT2D eigenvalue weighted by molar-refractivity contribution is -0.126. The number of nitrogens with one attached hydrogen (secondary N) is 1. The molecular weight excluding hydrogens is 398 g/mol. The number of carbonyl (C=O) groups excluding carboxylic acids is 3. The van der Waals surface area contributed by atoms with Gasteiger partial charge in [-0.3, -0.25) is 14.4 Å². The zero-order chi connectivity index (χ0) is 20.9. The van der Waals surface area contributed by atoms with Crippen molar-refractivity contribution in [3.63, 3.8) is 0 Å². The zero-order valence-corrected chi connectivity index (χ0v) is 17.8. The lowest BCUT2D eigenvalue weighted by Gasteiger charge is -2.31. The van der Waals surface area contributed by atoms with E-state index in [0.717, 1.165) is 25.1 Å². The number of nitrogens with zero attached hydrogens (tertiary/aromatic N) is 2. The Morgan fingerprint density at radius 1 is 1.07 bits per heavy atom. The second-order valence-electron chi connectivity index (χ2n) is 7.88. The smallest absolute Gasteiger partial charge is 0.253 e. The molecule has 2 saturated heterocycles. The molecule has 2 aliphatic rings. The van der Waals surface area contributed by atoms with Gasteiger partial charge in [0.15, 0.2) is 0 Å². The lowest BCUT2D eigenvalue weighted by atomic mass is 9.95. The first-order valence-electron chi connectivity index (χ1n) is 10.6. The summed E-state index contributed by atoms with van der Waals surface area (Å²) in [6.07, 6.45) is 3.72. The van der Waals surface area contributed by atoms with Crippen molar-refractivity contribution in [2.24, 2.45) is 5.92 Å². The maximum absolute atomic E-state index is 12.8. The first kappa shape index (κ1) is 20.6. The molecule has 0 bridgehead atoms. The van der Waals surface area contributed by atoms with Crippen molar-refractivity contribution in [1.29, 1.82) is 0 Å². The number of hydrogen-bond donors (Lipinski definition) is 1. The summed E-state index contributed by atoms with van der Waals surface area (Å²) in [5.74, 6) is 0.204. The molecule has 0 spiro atoms. The van der Waals surface area contributed by atoms with E-state index in [1.54, 1.807) is 28.4 Å². The number of amides is 3. The molecule has 3 heterocycles. The van der Waals surface area contributed by atoms with Gasteiger partial charge < -0.3 is 15.1 Å². The SMILES string of the molecule is O=C(NCCc1cccs1)C1CCN(C(=O)c2ccc(N3CCCC3=O)cc2)CC1. The molecule has 158 valence electrons. The molecule has 3 amide bonds. The van der Waals surface area contributed by atoms with Crippen LogP contribution < -0.4 is 10.2 Å². The lowest BCUT2D eigenvalue weighted by Crippen LogP contribution is -2.43. The Bertz CT molecular complexity index is 887. The van der Waals surface area contributed by atoms with Crippen molar-refractivity contribution < 1.29 is 14.4 Å². The number of rotatable bonds is 6. The summed E-state index contributed by atoms with van der Waals surface area (Å²) < 4.78 is 0. The second kappa shape index (κ2) is 9.43. The topological polar surface area (TPSA) is 69.7 Å². The summed E-state index contributed by atoms with van der Waals surface area (Å²) in [5, 5.41) is 5.08. The molecule has 2 fully saturated rings. The standard InChI is InChI=1S/C23H27N3O3S/c27-21-4-1-13-26(21)19-7-5-18(6-8-19)23(29)25-14-10-17(11-15-25)22(28)24-12-9-20-3-2-16-30-20/h2-3,5-8,16-17H,1,4,9-15H2,(H,24,28). The van der Waals surface area contributed by atoms with Gasteiger partial charge in [-0.25, -0.2) is 0 Å². The van der Waals surface area contributed by atoms with Crippen LogP contribution in [0.2, 0.25) is 0 Å². The molecule has 2 aromatic rings. The van der Waals surface area contributed by atoms with Crippen molar-refractivity contribution in [2.75, 3.05) is 31.1 Å². The zero-order valence-electron chi connectivity index (χ0n) is 17.0. The van der Waals surface area contributed by atoms with Crippen molar-refractivity contribution in [1.82, 2.24) is 10.2 Å². The number of benzene rings is 1. The minimum Gasteiger partial charge on any atom is -0.355 e. The van der Waals surface area contributed by atoms with Gasteiger partial charge >= 0.3 is 0 Å². The van der Waals surface area contributed by atoms with Crippen LogP contribution in [0.4, 0.5) is 5.69 Å². The highest BCUT2D eigenvalue weighted by molar-refractivity contribution is 7.09. The number of likely N-dealkylation sites (tertiary alicyclic amines) is 1. The average molecular weight is 426 g/mol. The highest BCUT2D eigenvalue weighted by Gasteiger charge is 2.28. The quantitative estimate of drug-likeness (QED) is 0.773. The number of piperidine rings is 1. The number of hydrogen-bond acceptors (Lipinski definition) is 4. The first-order chi connectivity index (χ1) is 14.6. The molecule has 2 aliphatic heterocycles. The highest BCUT2D eigenvalue weighted by atomic mass is 32.1. The van der Waals surface area contributed by atoms with Crippen LogP contribution in [0.25, 0.3) is 0 Å².